The van der Waals surface area contributed by atoms with Gasteiger partial charge in [-0.3, -0.25) is 4.79 Å². The van der Waals surface area contributed by atoms with E-state index in [1.54, 1.807) is 36.4 Å². The molecule has 0 atom stereocenters. The lowest BCUT2D eigenvalue weighted by Crippen LogP contribution is -2.16. The van der Waals surface area contributed by atoms with Crippen molar-refractivity contribution in [1.29, 1.82) is 0 Å². The highest BCUT2D eigenvalue weighted by atomic mass is 16.5. The Hall–Kier alpha value is -3.02. The summed E-state index contributed by atoms with van der Waals surface area (Å²) in [6.07, 6.45) is 0. The van der Waals surface area contributed by atoms with Crippen molar-refractivity contribution in [2.24, 2.45) is 5.73 Å². The summed E-state index contributed by atoms with van der Waals surface area (Å²) < 4.78 is 10.7. The molecule has 6 heteroatoms. The maximum atomic E-state index is 11.4. The number of hydrogen-bond donors (Lipinski definition) is 2. The first-order chi connectivity index (χ1) is 10.1. The highest BCUT2D eigenvalue weighted by Gasteiger charge is 2.17. The quantitative estimate of drug-likeness (QED) is 0.847. The Balaban J connectivity index is 2.36. The minimum absolute atomic E-state index is 0.0104. The Morgan fingerprint density at radius 1 is 1.05 bits per heavy atom. The molecule has 2 rings (SSSR count). The van der Waals surface area contributed by atoms with Crippen LogP contribution in [0.4, 0.5) is 0 Å². The zero-order chi connectivity index (χ0) is 15.2. The number of nitrogens with two attached hydrogens (primary N) is 1. The SMILES string of the molecule is NC(=O)c1cccc(Oc2ccccc2)c1OCC(=O)O. The van der Waals surface area contributed by atoms with Gasteiger partial charge in [0.05, 0.1) is 5.56 Å². The van der Waals surface area contributed by atoms with Gasteiger partial charge in [-0.25, -0.2) is 4.79 Å². The molecule has 0 fully saturated rings. The Morgan fingerprint density at radius 3 is 2.38 bits per heavy atom. The number of ether oxygens (including phenoxy) is 2. The van der Waals surface area contributed by atoms with Crippen LogP contribution in [-0.4, -0.2) is 23.6 Å². The molecular formula is C15H13NO5. The summed E-state index contributed by atoms with van der Waals surface area (Å²) in [5.74, 6) is -1.14. The molecule has 6 nitrogen and oxygen atoms in total. The monoisotopic (exact) mass is 287 g/mol. The average Bonchev–Trinajstić information content (AvgIpc) is 2.46. The summed E-state index contributed by atoms with van der Waals surface area (Å²) >= 11 is 0. The van der Waals surface area contributed by atoms with Crippen LogP contribution in [0.2, 0.25) is 0 Å². The predicted octanol–water partition coefficient (Wildman–Crippen LogP) is 2.04. The number of benzene rings is 2. The minimum Gasteiger partial charge on any atom is -0.479 e. The highest BCUT2D eigenvalue weighted by molar-refractivity contribution is 5.96. The van der Waals surface area contributed by atoms with Crippen molar-refractivity contribution in [3.63, 3.8) is 0 Å². The number of amides is 1. The number of carboxylic acid groups (broad SMARTS) is 1. The third-order valence-electron chi connectivity index (χ3n) is 2.56. The van der Waals surface area contributed by atoms with Gasteiger partial charge >= 0.3 is 5.97 Å². The number of rotatable bonds is 6. The average molecular weight is 287 g/mol. The van der Waals surface area contributed by atoms with E-state index in [-0.39, 0.29) is 17.1 Å². The van der Waals surface area contributed by atoms with Crippen LogP contribution in [0.25, 0.3) is 0 Å². The molecule has 0 radical (unpaired) electrons. The first-order valence-electron chi connectivity index (χ1n) is 6.08. The van der Waals surface area contributed by atoms with Gasteiger partial charge in [-0.1, -0.05) is 24.3 Å². The smallest absolute Gasteiger partial charge is 0.341 e. The van der Waals surface area contributed by atoms with Gasteiger partial charge < -0.3 is 20.3 Å². The van der Waals surface area contributed by atoms with Crippen molar-refractivity contribution >= 4 is 11.9 Å². The molecule has 108 valence electrons. The lowest BCUT2D eigenvalue weighted by Gasteiger charge is -2.13. The van der Waals surface area contributed by atoms with Gasteiger partial charge in [0.15, 0.2) is 18.1 Å². The Labute approximate surface area is 120 Å². The molecule has 0 saturated heterocycles. The van der Waals surface area contributed by atoms with E-state index in [2.05, 4.69) is 0 Å². The van der Waals surface area contributed by atoms with Crippen LogP contribution in [0.3, 0.4) is 0 Å². The first-order valence-corrected chi connectivity index (χ1v) is 6.08. The lowest BCUT2D eigenvalue weighted by atomic mass is 10.1. The van der Waals surface area contributed by atoms with Crippen LogP contribution in [-0.2, 0) is 4.79 Å². The van der Waals surface area contributed by atoms with Crippen LogP contribution in [0.5, 0.6) is 17.2 Å². The molecule has 0 saturated carbocycles. The summed E-state index contributed by atoms with van der Waals surface area (Å²) in [5.41, 5.74) is 5.32. The van der Waals surface area contributed by atoms with E-state index in [0.717, 1.165) is 0 Å². The number of carbonyl (C=O) groups is 2. The van der Waals surface area contributed by atoms with Crippen molar-refractivity contribution in [2.45, 2.75) is 0 Å². The fourth-order valence-corrected chi connectivity index (χ4v) is 1.69. The molecule has 0 unspecified atom stereocenters. The van der Waals surface area contributed by atoms with E-state index >= 15 is 0 Å². The van der Waals surface area contributed by atoms with Gasteiger partial charge in [-0.15, -0.1) is 0 Å². The number of primary amides is 1. The zero-order valence-corrected chi connectivity index (χ0v) is 11.0. The van der Waals surface area contributed by atoms with Crippen molar-refractivity contribution in [1.82, 2.24) is 0 Å². The number of para-hydroxylation sites is 2. The third-order valence-corrected chi connectivity index (χ3v) is 2.56. The van der Waals surface area contributed by atoms with Crippen molar-refractivity contribution in [3.05, 3.63) is 54.1 Å². The lowest BCUT2D eigenvalue weighted by molar-refractivity contribution is -0.139. The summed E-state index contributed by atoms with van der Waals surface area (Å²) in [4.78, 5) is 22.1. The zero-order valence-electron chi connectivity index (χ0n) is 11.0. The molecular weight excluding hydrogens is 274 g/mol. The van der Waals surface area contributed by atoms with Crippen LogP contribution in [0.15, 0.2) is 48.5 Å². The minimum atomic E-state index is -1.17. The molecule has 2 aromatic rings. The molecule has 0 aliphatic rings. The third kappa shape index (κ3) is 3.73. The van der Waals surface area contributed by atoms with Crippen molar-refractivity contribution in [3.8, 4) is 17.2 Å². The molecule has 2 aromatic carbocycles. The molecule has 0 aromatic heterocycles. The van der Waals surface area contributed by atoms with Gasteiger partial charge in [-0.2, -0.15) is 0 Å². The molecule has 1 amide bonds. The highest BCUT2D eigenvalue weighted by Crippen LogP contribution is 2.34. The van der Waals surface area contributed by atoms with Gasteiger partial charge in [0.1, 0.15) is 5.75 Å². The Kier molecular flexibility index (Phi) is 4.40. The largest absolute Gasteiger partial charge is 0.479 e. The van der Waals surface area contributed by atoms with Crippen LogP contribution < -0.4 is 15.2 Å². The fraction of sp³-hybridized carbons (Fsp3) is 0.0667. The van der Waals surface area contributed by atoms with Gasteiger partial charge in [0, 0.05) is 0 Å². The number of carboxylic acids is 1. The Morgan fingerprint density at radius 2 is 1.76 bits per heavy atom. The second-order valence-electron chi connectivity index (χ2n) is 4.09. The van der Waals surface area contributed by atoms with E-state index < -0.39 is 18.5 Å². The fourth-order valence-electron chi connectivity index (χ4n) is 1.69. The van der Waals surface area contributed by atoms with Gasteiger partial charge in [-0.05, 0) is 24.3 Å². The van der Waals surface area contributed by atoms with E-state index in [1.807, 2.05) is 6.07 Å². The molecule has 0 aliphatic heterocycles. The van der Waals surface area contributed by atoms with Crippen LogP contribution in [0.1, 0.15) is 10.4 Å². The van der Waals surface area contributed by atoms with E-state index in [9.17, 15) is 9.59 Å². The maximum absolute atomic E-state index is 11.4. The number of aliphatic carboxylic acids is 1. The summed E-state index contributed by atoms with van der Waals surface area (Å²) in [6, 6.07) is 13.4. The Bertz CT molecular complexity index is 654. The topological polar surface area (TPSA) is 98.9 Å². The second kappa shape index (κ2) is 6.42. The van der Waals surface area contributed by atoms with Crippen LogP contribution in [0, 0.1) is 0 Å². The standard InChI is InChI=1S/C15H13NO5/c16-15(19)11-7-4-8-12(14(11)20-9-13(17)18)21-10-5-2-1-3-6-10/h1-8H,9H2,(H2,16,19)(H,17,18). The predicted molar refractivity (Wildman–Crippen MR) is 74.6 cm³/mol. The van der Waals surface area contributed by atoms with Gasteiger partial charge in [0.2, 0.25) is 0 Å². The van der Waals surface area contributed by atoms with E-state index in [0.29, 0.717) is 5.75 Å². The number of hydrogen-bond acceptors (Lipinski definition) is 4. The molecule has 0 spiro atoms. The van der Waals surface area contributed by atoms with E-state index in [4.69, 9.17) is 20.3 Å². The summed E-state index contributed by atoms with van der Waals surface area (Å²) in [5, 5.41) is 8.70. The first kappa shape index (κ1) is 14.4. The summed E-state index contributed by atoms with van der Waals surface area (Å²) in [6.45, 7) is -0.602. The molecule has 0 heterocycles. The van der Waals surface area contributed by atoms with Crippen LogP contribution >= 0.6 is 0 Å². The maximum Gasteiger partial charge on any atom is 0.341 e. The molecule has 3 N–H and O–H groups in total. The number of carbonyl (C=O) groups excluding carboxylic acids is 1. The van der Waals surface area contributed by atoms with E-state index in [1.165, 1.54) is 6.07 Å². The van der Waals surface area contributed by atoms with Gasteiger partial charge in [0.25, 0.3) is 5.91 Å². The van der Waals surface area contributed by atoms with Crippen molar-refractivity contribution in [2.75, 3.05) is 6.61 Å². The van der Waals surface area contributed by atoms with Crippen molar-refractivity contribution < 1.29 is 24.2 Å². The molecule has 0 aliphatic carbocycles. The second-order valence-corrected chi connectivity index (χ2v) is 4.09. The molecule has 21 heavy (non-hydrogen) atoms. The normalized spacial score (nSPS) is 9.90. The molecule has 0 bridgehead atoms. The summed E-state index contributed by atoms with van der Waals surface area (Å²) in [7, 11) is 0.